The summed E-state index contributed by atoms with van der Waals surface area (Å²) in [5.41, 5.74) is 3.25. The molecule has 0 bridgehead atoms. The highest BCUT2D eigenvalue weighted by Gasteiger charge is 2.14. The first-order chi connectivity index (χ1) is 10.3. The summed E-state index contributed by atoms with van der Waals surface area (Å²) in [4.78, 5) is 10.4. The molecule has 2 nitrogen and oxygen atoms in total. The Morgan fingerprint density at radius 2 is 1.90 bits per heavy atom. The van der Waals surface area contributed by atoms with Crippen LogP contribution in [0.3, 0.4) is 0 Å². The van der Waals surface area contributed by atoms with E-state index < -0.39 is 0 Å². The van der Waals surface area contributed by atoms with Gasteiger partial charge in [-0.15, -0.1) is 11.6 Å². The highest BCUT2D eigenvalue weighted by atomic mass is 35.5. The Kier molecular flexibility index (Phi) is 5.82. The van der Waals surface area contributed by atoms with Crippen molar-refractivity contribution >= 4 is 17.9 Å². The van der Waals surface area contributed by atoms with Crippen LogP contribution >= 0.6 is 11.6 Å². The maximum Gasteiger partial charge on any atom is 0.123 e. The molecular weight excluding hydrogens is 284 g/mol. The van der Waals surface area contributed by atoms with Crippen LogP contribution in [0.5, 0.6) is 5.75 Å². The molecule has 0 aliphatic heterocycles. The Hall–Kier alpha value is -1.80. The van der Waals surface area contributed by atoms with Crippen molar-refractivity contribution in [2.24, 2.45) is 0 Å². The van der Waals surface area contributed by atoms with Gasteiger partial charge in [-0.2, -0.15) is 0 Å². The number of alkyl halides is 1. The minimum atomic E-state index is -0.149. The molecule has 21 heavy (non-hydrogen) atoms. The number of rotatable bonds is 7. The van der Waals surface area contributed by atoms with Gasteiger partial charge in [0.2, 0.25) is 0 Å². The molecule has 2 rings (SSSR count). The zero-order valence-corrected chi connectivity index (χ0v) is 12.8. The van der Waals surface area contributed by atoms with Crippen molar-refractivity contribution in [1.29, 1.82) is 0 Å². The second-order valence-corrected chi connectivity index (χ2v) is 5.41. The normalized spacial score (nSPS) is 11.9. The fourth-order valence-corrected chi connectivity index (χ4v) is 2.65. The quantitative estimate of drug-likeness (QED) is 0.408. The first-order valence-corrected chi connectivity index (χ1v) is 7.51. The van der Waals surface area contributed by atoms with Crippen LogP contribution < -0.4 is 4.74 Å². The van der Waals surface area contributed by atoms with Crippen molar-refractivity contribution in [1.82, 2.24) is 0 Å². The number of aldehydes is 1. The van der Waals surface area contributed by atoms with Gasteiger partial charge in [0, 0.05) is 12.0 Å². The fourth-order valence-electron chi connectivity index (χ4n) is 2.33. The summed E-state index contributed by atoms with van der Waals surface area (Å²) in [6.07, 6.45) is 3.02. The molecule has 0 aromatic heterocycles. The summed E-state index contributed by atoms with van der Waals surface area (Å²) < 4.78 is 5.41. The second-order valence-electron chi connectivity index (χ2n) is 4.89. The lowest BCUT2D eigenvalue weighted by Crippen LogP contribution is -1.97. The fraction of sp³-hybridized carbons (Fsp3) is 0.278. The van der Waals surface area contributed by atoms with E-state index in [1.165, 1.54) is 0 Å². The minimum Gasteiger partial charge on any atom is -0.496 e. The number of ether oxygens (including phenoxy) is 1. The van der Waals surface area contributed by atoms with Gasteiger partial charge in [-0.3, -0.25) is 0 Å². The van der Waals surface area contributed by atoms with E-state index >= 15 is 0 Å². The average Bonchev–Trinajstić information content (AvgIpc) is 2.55. The zero-order valence-electron chi connectivity index (χ0n) is 12.1. The molecule has 0 aliphatic rings. The molecule has 0 amide bonds. The van der Waals surface area contributed by atoms with Crippen LogP contribution in [0.1, 0.15) is 30.2 Å². The summed E-state index contributed by atoms with van der Waals surface area (Å²) in [7, 11) is 1.65. The highest BCUT2D eigenvalue weighted by Crippen LogP contribution is 2.36. The lowest BCUT2D eigenvalue weighted by molar-refractivity contribution is -0.107. The number of methoxy groups -OCH3 is 1. The van der Waals surface area contributed by atoms with Gasteiger partial charge < -0.3 is 9.53 Å². The molecule has 0 saturated heterocycles. The molecule has 0 spiro atoms. The van der Waals surface area contributed by atoms with E-state index in [2.05, 4.69) is 18.2 Å². The zero-order chi connectivity index (χ0) is 15.1. The molecule has 0 fully saturated rings. The molecule has 1 atom stereocenters. The predicted molar refractivity (Wildman–Crippen MR) is 86.9 cm³/mol. The van der Waals surface area contributed by atoms with E-state index in [1.54, 1.807) is 7.11 Å². The Balaban J connectivity index is 2.27. The topological polar surface area (TPSA) is 26.3 Å². The average molecular weight is 303 g/mol. The van der Waals surface area contributed by atoms with Gasteiger partial charge in [0.1, 0.15) is 12.0 Å². The monoisotopic (exact) mass is 302 g/mol. The Morgan fingerprint density at radius 1 is 1.14 bits per heavy atom. The number of unbranched alkanes of at least 4 members (excludes halogenated alkanes) is 1. The first-order valence-electron chi connectivity index (χ1n) is 7.07. The smallest absolute Gasteiger partial charge is 0.123 e. The molecule has 0 heterocycles. The van der Waals surface area contributed by atoms with Gasteiger partial charge in [0.25, 0.3) is 0 Å². The van der Waals surface area contributed by atoms with Gasteiger partial charge in [0.15, 0.2) is 0 Å². The van der Waals surface area contributed by atoms with Crippen molar-refractivity contribution in [3.63, 3.8) is 0 Å². The molecular formula is C18H19ClO2. The molecule has 1 unspecified atom stereocenters. The third-order valence-corrected chi connectivity index (χ3v) is 3.91. The lowest BCUT2D eigenvalue weighted by Gasteiger charge is -2.15. The van der Waals surface area contributed by atoms with E-state index in [0.717, 1.165) is 41.6 Å². The molecule has 110 valence electrons. The summed E-state index contributed by atoms with van der Waals surface area (Å²) >= 11 is 6.49. The lowest BCUT2D eigenvalue weighted by atomic mass is 9.99. The maximum atomic E-state index is 10.4. The number of hydrogen-bond donors (Lipinski definition) is 0. The van der Waals surface area contributed by atoms with Crippen molar-refractivity contribution in [3.05, 3.63) is 54.1 Å². The molecule has 0 saturated carbocycles. The Bertz CT molecular complexity index is 581. The van der Waals surface area contributed by atoms with Gasteiger partial charge >= 0.3 is 0 Å². The second kappa shape index (κ2) is 7.84. The van der Waals surface area contributed by atoms with Crippen LogP contribution in [-0.2, 0) is 4.79 Å². The van der Waals surface area contributed by atoms with Crippen LogP contribution in [-0.4, -0.2) is 13.4 Å². The number of carbonyl (C=O) groups excluding carboxylic acids is 1. The standard InChI is InChI=1S/C18H19ClO2/c1-21-18-11-10-15(14-7-3-2-4-8-14)13-16(18)17(19)9-5-6-12-20/h2-4,7-8,10-13,17H,5-6,9H2,1H3. The Labute approximate surface area is 130 Å². The van der Waals surface area contributed by atoms with E-state index in [-0.39, 0.29) is 5.38 Å². The van der Waals surface area contributed by atoms with Gasteiger partial charge in [-0.1, -0.05) is 36.4 Å². The first kappa shape index (κ1) is 15.6. The summed E-state index contributed by atoms with van der Waals surface area (Å²) in [6, 6.07) is 16.2. The molecule has 3 heteroatoms. The van der Waals surface area contributed by atoms with Crippen LogP contribution in [0.15, 0.2) is 48.5 Å². The molecule has 0 N–H and O–H groups in total. The molecule has 2 aromatic carbocycles. The summed E-state index contributed by atoms with van der Waals surface area (Å²) in [6.45, 7) is 0. The van der Waals surface area contributed by atoms with Crippen LogP contribution in [0, 0.1) is 0 Å². The maximum absolute atomic E-state index is 10.4. The van der Waals surface area contributed by atoms with Crippen LogP contribution in [0.25, 0.3) is 11.1 Å². The van der Waals surface area contributed by atoms with Crippen molar-refractivity contribution < 1.29 is 9.53 Å². The number of benzene rings is 2. The minimum absolute atomic E-state index is 0.149. The number of carbonyl (C=O) groups is 1. The van der Waals surface area contributed by atoms with E-state index in [4.69, 9.17) is 16.3 Å². The van der Waals surface area contributed by atoms with Crippen molar-refractivity contribution in [2.75, 3.05) is 7.11 Å². The van der Waals surface area contributed by atoms with Gasteiger partial charge in [-0.05, 0) is 36.1 Å². The molecule has 0 aliphatic carbocycles. The van der Waals surface area contributed by atoms with Crippen molar-refractivity contribution in [3.8, 4) is 16.9 Å². The summed E-state index contributed by atoms with van der Waals surface area (Å²) in [5.74, 6) is 0.792. The Morgan fingerprint density at radius 3 is 2.57 bits per heavy atom. The number of halogens is 1. The SMILES string of the molecule is COc1ccc(-c2ccccc2)cc1C(Cl)CCCC=O. The number of hydrogen-bond acceptors (Lipinski definition) is 2. The van der Waals surface area contributed by atoms with Crippen molar-refractivity contribution in [2.45, 2.75) is 24.6 Å². The third kappa shape index (κ3) is 4.08. The van der Waals surface area contributed by atoms with E-state index in [9.17, 15) is 4.79 Å². The van der Waals surface area contributed by atoms with E-state index in [1.807, 2.05) is 30.3 Å². The van der Waals surface area contributed by atoms with Crippen LogP contribution in [0.2, 0.25) is 0 Å². The highest BCUT2D eigenvalue weighted by molar-refractivity contribution is 6.21. The van der Waals surface area contributed by atoms with Gasteiger partial charge in [0.05, 0.1) is 12.5 Å². The predicted octanol–water partition coefficient (Wildman–Crippen LogP) is 5.01. The largest absolute Gasteiger partial charge is 0.496 e. The third-order valence-electron chi connectivity index (χ3n) is 3.45. The van der Waals surface area contributed by atoms with Gasteiger partial charge in [-0.25, -0.2) is 0 Å². The molecule has 2 aromatic rings. The van der Waals surface area contributed by atoms with Crippen LogP contribution in [0.4, 0.5) is 0 Å². The van der Waals surface area contributed by atoms with E-state index in [0.29, 0.717) is 6.42 Å². The summed E-state index contributed by atoms with van der Waals surface area (Å²) in [5, 5.41) is -0.149. The molecule has 0 radical (unpaired) electrons.